The van der Waals surface area contributed by atoms with E-state index < -0.39 is 0 Å². The summed E-state index contributed by atoms with van der Waals surface area (Å²) in [6.45, 7) is 7.23. The summed E-state index contributed by atoms with van der Waals surface area (Å²) in [6.07, 6.45) is 0.931. The smallest absolute Gasteiger partial charge is 0.0971 e. The maximum absolute atomic E-state index is 5.62. The molecule has 1 rings (SSSR count). The van der Waals surface area contributed by atoms with Gasteiger partial charge in [-0.05, 0) is 25.8 Å². The zero-order valence-electron chi connectivity index (χ0n) is 10.1. The van der Waals surface area contributed by atoms with Crippen LogP contribution < -0.4 is 5.73 Å². The van der Waals surface area contributed by atoms with Crippen LogP contribution in [0.3, 0.4) is 0 Å². The molecular weight excluding hydrogens is 206 g/mol. The Balaban J connectivity index is 2.83. The molecule has 0 atom stereocenters. The molecule has 4 heteroatoms. The SMILES string of the molecule is Cc1nn(C)c(SCC(C)C)c1CCN. The Labute approximate surface area is 96.4 Å². The minimum Gasteiger partial charge on any atom is -0.330 e. The summed E-state index contributed by atoms with van der Waals surface area (Å²) in [6, 6.07) is 0. The number of aryl methyl sites for hydroxylation is 2. The van der Waals surface area contributed by atoms with E-state index >= 15 is 0 Å². The molecule has 0 unspecified atom stereocenters. The van der Waals surface area contributed by atoms with Crippen LogP contribution in [0, 0.1) is 12.8 Å². The first-order valence-electron chi connectivity index (χ1n) is 5.41. The molecule has 1 heterocycles. The van der Waals surface area contributed by atoms with Crippen molar-refractivity contribution in [2.24, 2.45) is 18.7 Å². The van der Waals surface area contributed by atoms with Crippen molar-refractivity contribution in [1.29, 1.82) is 0 Å². The average Bonchev–Trinajstić information content (AvgIpc) is 2.40. The largest absolute Gasteiger partial charge is 0.330 e. The van der Waals surface area contributed by atoms with E-state index in [9.17, 15) is 0 Å². The van der Waals surface area contributed by atoms with E-state index in [1.54, 1.807) is 0 Å². The molecule has 2 N–H and O–H groups in total. The first-order valence-corrected chi connectivity index (χ1v) is 6.40. The molecule has 86 valence electrons. The van der Waals surface area contributed by atoms with Crippen LogP contribution in [0.1, 0.15) is 25.1 Å². The van der Waals surface area contributed by atoms with Crippen molar-refractivity contribution in [2.75, 3.05) is 12.3 Å². The van der Waals surface area contributed by atoms with Gasteiger partial charge in [0.2, 0.25) is 0 Å². The summed E-state index contributed by atoms with van der Waals surface area (Å²) in [5.74, 6) is 1.84. The first-order chi connectivity index (χ1) is 7.06. The third-order valence-electron chi connectivity index (χ3n) is 2.24. The molecule has 15 heavy (non-hydrogen) atoms. The van der Waals surface area contributed by atoms with Gasteiger partial charge in [0.15, 0.2) is 0 Å². The van der Waals surface area contributed by atoms with E-state index in [1.165, 1.54) is 10.6 Å². The van der Waals surface area contributed by atoms with Crippen molar-refractivity contribution in [3.8, 4) is 0 Å². The second kappa shape index (κ2) is 5.56. The highest BCUT2D eigenvalue weighted by Gasteiger charge is 2.13. The van der Waals surface area contributed by atoms with E-state index in [0.29, 0.717) is 12.5 Å². The van der Waals surface area contributed by atoms with Crippen LogP contribution in [0.2, 0.25) is 0 Å². The fourth-order valence-corrected chi connectivity index (χ4v) is 2.68. The molecule has 0 aromatic carbocycles. The molecule has 0 amide bonds. The number of hydrogen-bond donors (Lipinski definition) is 1. The normalized spacial score (nSPS) is 11.3. The third kappa shape index (κ3) is 3.24. The van der Waals surface area contributed by atoms with Gasteiger partial charge in [0.05, 0.1) is 10.7 Å². The highest BCUT2D eigenvalue weighted by molar-refractivity contribution is 7.99. The summed E-state index contributed by atoms with van der Waals surface area (Å²) < 4.78 is 1.98. The predicted molar refractivity (Wildman–Crippen MR) is 66.3 cm³/mol. The Morgan fingerprint density at radius 2 is 2.13 bits per heavy atom. The van der Waals surface area contributed by atoms with Crippen LogP contribution in [0.25, 0.3) is 0 Å². The number of rotatable bonds is 5. The maximum atomic E-state index is 5.62. The quantitative estimate of drug-likeness (QED) is 0.782. The van der Waals surface area contributed by atoms with Gasteiger partial charge < -0.3 is 5.73 Å². The second-order valence-electron chi connectivity index (χ2n) is 4.24. The van der Waals surface area contributed by atoms with Crippen molar-refractivity contribution in [3.63, 3.8) is 0 Å². The Hall–Kier alpha value is -0.480. The fourth-order valence-electron chi connectivity index (χ4n) is 1.54. The number of thioether (sulfide) groups is 1. The Morgan fingerprint density at radius 1 is 1.47 bits per heavy atom. The highest BCUT2D eigenvalue weighted by atomic mass is 32.2. The van der Waals surface area contributed by atoms with E-state index in [2.05, 4.69) is 25.9 Å². The lowest BCUT2D eigenvalue weighted by molar-refractivity contribution is 0.683. The lowest BCUT2D eigenvalue weighted by atomic mass is 10.2. The first kappa shape index (κ1) is 12.6. The van der Waals surface area contributed by atoms with Crippen LogP contribution in [0.5, 0.6) is 0 Å². The molecule has 1 aromatic heterocycles. The molecule has 0 spiro atoms. The van der Waals surface area contributed by atoms with Gasteiger partial charge in [0, 0.05) is 18.4 Å². The van der Waals surface area contributed by atoms with Crippen molar-refractivity contribution < 1.29 is 0 Å². The summed E-state index contributed by atoms with van der Waals surface area (Å²) >= 11 is 1.89. The Kier molecular flexibility index (Phi) is 4.67. The Morgan fingerprint density at radius 3 is 2.67 bits per heavy atom. The monoisotopic (exact) mass is 227 g/mol. The molecule has 0 fully saturated rings. The molecule has 0 aliphatic carbocycles. The molecule has 3 nitrogen and oxygen atoms in total. The van der Waals surface area contributed by atoms with E-state index in [4.69, 9.17) is 5.73 Å². The van der Waals surface area contributed by atoms with Crippen molar-refractivity contribution in [3.05, 3.63) is 11.3 Å². The van der Waals surface area contributed by atoms with Gasteiger partial charge in [-0.25, -0.2) is 0 Å². The minimum absolute atomic E-state index is 0.696. The van der Waals surface area contributed by atoms with Gasteiger partial charge in [-0.1, -0.05) is 13.8 Å². The number of nitrogens with zero attached hydrogens (tertiary/aromatic N) is 2. The second-order valence-corrected chi connectivity index (χ2v) is 5.24. The summed E-state index contributed by atoms with van der Waals surface area (Å²) in [4.78, 5) is 0. The van der Waals surface area contributed by atoms with Crippen LogP contribution in [0.4, 0.5) is 0 Å². The van der Waals surface area contributed by atoms with Gasteiger partial charge in [-0.15, -0.1) is 11.8 Å². The van der Waals surface area contributed by atoms with Crippen molar-refractivity contribution in [2.45, 2.75) is 32.2 Å². The summed E-state index contributed by atoms with van der Waals surface area (Å²) in [7, 11) is 2.01. The van der Waals surface area contributed by atoms with Gasteiger partial charge >= 0.3 is 0 Å². The standard InChI is InChI=1S/C11H21N3S/c1-8(2)7-15-11-10(5-6-12)9(3)13-14(11)4/h8H,5-7,12H2,1-4H3. The Bertz CT molecular complexity index is 318. The lowest BCUT2D eigenvalue weighted by Gasteiger charge is -2.07. The topological polar surface area (TPSA) is 43.8 Å². The minimum atomic E-state index is 0.696. The molecule has 0 aliphatic heterocycles. The predicted octanol–water partition coefficient (Wildman–Crippen LogP) is 1.98. The highest BCUT2D eigenvalue weighted by Crippen LogP contribution is 2.26. The molecule has 1 aromatic rings. The van der Waals surface area contributed by atoms with Crippen LogP contribution in [0.15, 0.2) is 5.03 Å². The lowest BCUT2D eigenvalue weighted by Crippen LogP contribution is -2.05. The molecule has 0 saturated carbocycles. The zero-order valence-corrected chi connectivity index (χ0v) is 10.9. The fraction of sp³-hybridized carbons (Fsp3) is 0.727. The van der Waals surface area contributed by atoms with E-state index in [0.717, 1.165) is 17.9 Å². The van der Waals surface area contributed by atoms with Crippen LogP contribution in [-0.4, -0.2) is 22.1 Å². The molecular formula is C11H21N3S. The van der Waals surface area contributed by atoms with Crippen molar-refractivity contribution >= 4 is 11.8 Å². The molecule has 0 bridgehead atoms. The van der Waals surface area contributed by atoms with Crippen molar-refractivity contribution in [1.82, 2.24) is 9.78 Å². The van der Waals surface area contributed by atoms with Gasteiger partial charge in [0.1, 0.15) is 0 Å². The van der Waals surface area contributed by atoms with Gasteiger partial charge in [-0.3, -0.25) is 4.68 Å². The number of aromatic nitrogens is 2. The molecule has 0 radical (unpaired) electrons. The number of hydrogen-bond acceptors (Lipinski definition) is 3. The summed E-state index contributed by atoms with van der Waals surface area (Å²) in [5, 5.41) is 5.73. The molecule has 0 saturated heterocycles. The maximum Gasteiger partial charge on any atom is 0.0971 e. The van der Waals surface area contributed by atoms with Crippen LogP contribution >= 0.6 is 11.8 Å². The zero-order chi connectivity index (χ0) is 11.4. The average molecular weight is 227 g/mol. The van der Waals surface area contributed by atoms with Gasteiger partial charge in [-0.2, -0.15) is 5.10 Å². The number of nitrogens with two attached hydrogens (primary N) is 1. The third-order valence-corrected chi connectivity index (χ3v) is 3.85. The summed E-state index contributed by atoms with van der Waals surface area (Å²) in [5.41, 5.74) is 8.06. The molecule has 0 aliphatic rings. The van der Waals surface area contributed by atoms with E-state index in [-0.39, 0.29) is 0 Å². The van der Waals surface area contributed by atoms with Crippen LogP contribution in [-0.2, 0) is 13.5 Å². The van der Waals surface area contributed by atoms with Gasteiger partial charge in [0.25, 0.3) is 0 Å². The van der Waals surface area contributed by atoms with E-state index in [1.807, 2.05) is 23.5 Å².